The Morgan fingerprint density at radius 3 is 2.76 bits per heavy atom. The molecule has 2 fully saturated rings. The lowest BCUT2D eigenvalue weighted by atomic mass is 9.96. The van der Waals surface area contributed by atoms with Gasteiger partial charge in [-0.05, 0) is 51.6 Å². The van der Waals surface area contributed by atoms with Gasteiger partial charge in [0.2, 0.25) is 0 Å². The highest BCUT2D eigenvalue weighted by Crippen LogP contribution is 2.18. The number of hydrogen-bond acceptors (Lipinski definition) is 4. The fourth-order valence-electron chi connectivity index (χ4n) is 3.06. The molecule has 2 saturated heterocycles. The average molecular weight is 298 g/mol. The minimum atomic E-state index is -0.348. The summed E-state index contributed by atoms with van der Waals surface area (Å²) in [5.74, 6) is 0.840. The van der Waals surface area contributed by atoms with E-state index in [1.54, 1.807) is 0 Å². The van der Waals surface area contributed by atoms with E-state index >= 15 is 0 Å². The highest BCUT2D eigenvalue weighted by Gasteiger charge is 2.27. The highest BCUT2D eigenvalue weighted by molar-refractivity contribution is 5.80. The number of piperidine rings is 1. The quantitative estimate of drug-likeness (QED) is 0.772. The molecular formula is C16H30N2O3. The molecule has 1 N–H and O–H groups in total. The Morgan fingerprint density at radius 1 is 1.38 bits per heavy atom. The predicted molar refractivity (Wildman–Crippen MR) is 82.2 cm³/mol. The summed E-state index contributed by atoms with van der Waals surface area (Å²) in [7, 11) is 0. The van der Waals surface area contributed by atoms with Crippen LogP contribution in [-0.2, 0) is 14.3 Å². The third-order valence-electron chi connectivity index (χ3n) is 4.51. The fourth-order valence-corrected chi connectivity index (χ4v) is 3.06. The Kier molecular flexibility index (Phi) is 6.93. The number of rotatable bonds is 7. The summed E-state index contributed by atoms with van der Waals surface area (Å²) in [5.41, 5.74) is 0. The van der Waals surface area contributed by atoms with E-state index < -0.39 is 0 Å². The second-order valence-corrected chi connectivity index (χ2v) is 6.19. The SMILES string of the molecule is CCNCC1CCN(C(=O)C(C)OCC2CCCO2)CC1. The lowest BCUT2D eigenvalue weighted by molar-refractivity contribution is -0.146. The molecule has 1 amide bonds. The summed E-state index contributed by atoms with van der Waals surface area (Å²) in [6.07, 6.45) is 4.19. The van der Waals surface area contributed by atoms with Crippen molar-refractivity contribution < 1.29 is 14.3 Å². The van der Waals surface area contributed by atoms with E-state index in [2.05, 4.69) is 12.2 Å². The number of ether oxygens (including phenoxy) is 2. The van der Waals surface area contributed by atoms with Crippen molar-refractivity contribution in [2.24, 2.45) is 5.92 Å². The minimum absolute atomic E-state index is 0.134. The molecule has 2 unspecified atom stereocenters. The number of nitrogens with one attached hydrogen (secondary N) is 1. The van der Waals surface area contributed by atoms with Crippen molar-refractivity contribution in [2.45, 2.75) is 51.7 Å². The molecule has 5 heteroatoms. The molecule has 122 valence electrons. The summed E-state index contributed by atoms with van der Waals surface area (Å²) in [6.45, 7) is 9.19. The van der Waals surface area contributed by atoms with Crippen LogP contribution in [0.3, 0.4) is 0 Å². The van der Waals surface area contributed by atoms with Gasteiger partial charge >= 0.3 is 0 Å². The lowest BCUT2D eigenvalue weighted by Crippen LogP contribution is -2.45. The van der Waals surface area contributed by atoms with Crippen LogP contribution in [0.5, 0.6) is 0 Å². The number of amides is 1. The van der Waals surface area contributed by atoms with Gasteiger partial charge in [0.25, 0.3) is 5.91 Å². The topological polar surface area (TPSA) is 50.8 Å². The first-order valence-electron chi connectivity index (χ1n) is 8.43. The largest absolute Gasteiger partial charge is 0.376 e. The Bertz CT molecular complexity index is 311. The molecule has 2 aliphatic rings. The van der Waals surface area contributed by atoms with E-state index in [0.29, 0.717) is 12.5 Å². The van der Waals surface area contributed by atoms with Crippen LogP contribution in [0.2, 0.25) is 0 Å². The minimum Gasteiger partial charge on any atom is -0.376 e. The van der Waals surface area contributed by atoms with Crippen LogP contribution < -0.4 is 5.32 Å². The molecule has 0 spiro atoms. The van der Waals surface area contributed by atoms with Crippen LogP contribution in [-0.4, -0.2) is 62.4 Å². The summed E-state index contributed by atoms with van der Waals surface area (Å²) >= 11 is 0. The molecule has 2 atom stereocenters. The Morgan fingerprint density at radius 2 is 2.14 bits per heavy atom. The van der Waals surface area contributed by atoms with Crippen molar-refractivity contribution in [2.75, 3.05) is 39.4 Å². The number of carbonyl (C=O) groups is 1. The first-order valence-corrected chi connectivity index (χ1v) is 8.43. The van der Waals surface area contributed by atoms with Crippen molar-refractivity contribution in [3.63, 3.8) is 0 Å². The Labute approximate surface area is 128 Å². The smallest absolute Gasteiger partial charge is 0.251 e. The van der Waals surface area contributed by atoms with E-state index in [-0.39, 0.29) is 18.1 Å². The summed E-state index contributed by atoms with van der Waals surface area (Å²) in [6, 6.07) is 0. The molecule has 21 heavy (non-hydrogen) atoms. The van der Waals surface area contributed by atoms with Crippen LogP contribution in [0.4, 0.5) is 0 Å². The van der Waals surface area contributed by atoms with Crippen molar-refractivity contribution in [3.8, 4) is 0 Å². The van der Waals surface area contributed by atoms with E-state index in [1.807, 2.05) is 11.8 Å². The van der Waals surface area contributed by atoms with Gasteiger partial charge in [0.1, 0.15) is 6.10 Å². The van der Waals surface area contributed by atoms with Crippen LogP contribution in [0, 0.1) is 5.92 Å². The standard InChI is InChI=1S/C16H30N2O3/c1-3-17-11-14-6-8-18(9-7-14)16(19)13(2)21-12-15-5-4-10-20-15/h13-15,17H,3-12H2,1-2H3. The normalized spacial score (nSPS) is 25.2. The van der Waals surface area contributed by atoms with Gasteiger partial charge in [-0.25, -0.2) is 0 Å². The van der Waals surface area contributed by atoms with Crippen molar-refractivity contribution >= 4 is 5.91 Å². The van der Waals surface area contributed by atoms with E-state index in [4.69, 9.17) is 9.47 Å². The lowest BCUT2D eigenvalue weighted by Gasteiger charge is -2.33. The van der Waals surface area contributed by atoms with Gasteiger partial charge in [0.05, 0.1) is 12.7 Å². The molecule has 2 rings (SSSR count). The first kappa shape index (κ1) is 16.7. The zero-order valence-corrected chi connectivity index (χ0v) is 13.5. The van der Waals surface area contributed by atoms with Crippen molar-refractivity contribution in [1.82, 2.24) is 10.2 Å². The molecule has 0 radical (unpaired) electrons. The van der Waals surface area contributed by atoms with Gasteiger partial charge in [-0.3, -0.25) is 4.79 Å². The molecule has 0 aromatic rings. The molecule has 0 saturated carbocycles. The van der Waals surface area contributed by atoms with Gasteiger partial charge < -0.3 is 19.7 Å². The predicted octanol–water partition coefficient (Wildman–Crippen LogP) is 1.42. The summed E-state index contributed by atoms with van der Waals surface area (Å²) in [5, 5.41) is 3.39. The van der Waals surface area contributed by atoms with E-state index in [9.17, 15) is 4.79 Å². The zero-order chi connectivity index (χ0) is 15.1. The van der Waals surface area contributed by atoms with Gasteiger partial charge in [0.15, 0.2) is 0 Å². The highest BCUT2D eigenvalue weighted by atomic mass is 16.5. The second kappa shape index (κ2) is 8.71. The number of nitrogens with zero attached hydrogens (tertiary/aromatic N) is 1. The van der Waals surface area contributed by atoms with Crippen molar-refractivity contribution in [1.29, 1.82) is 0 Å². The third kappa shape index (κ3) is 5.24. The molecule has 0 bridgehead atoms. The number of hydrogen-bond donors (Lipinski definition) is 1. The molecular weight excluding hydrogens is 268 g/mol. The molecule has 5 nitrogen and oxygen atoms in total. The van der Waals surface area contributed by atoms with Crippen LogP contribution in [0.15, 0.2) is 0 Å². The second-order valence-electron chi connectivity index (χ2n) is 6.19. The maximum absolute atomic E-state index is 12.4. The van der Waals surface area contributed by atoms with E-state index in [1.165, 1.54) is 0 Å². The van der Waals surface area contributed by atoms with Crippen LogP contribution in [0.1, 0.15) is 39.5 Å². The van der Waals surface area contributed by atoms with Crippen molar-refractivity contribution in [3.05, 3.63) is 0 Å². The number of carbonyl (C=O) groups excluding carboxylic acids is 1. The molecule has 0 aliphatic carbocycles. The summed E-state index contributed by atoms with van der Waals surface area (Å²) in [4.78, 5) is 14.3. The fraction of sp³-hybridized carbons (Fsp3) is 0.938. The van der Waals surface area contributed by atoms with Gasteiger partial charge in [-0.1, -0.05) is 6.92 Å². The van der Waals surface area contributed by atoms with Gasteiger partial charge in [-0.2, -0.15) is 0 Å². The average Bonchev–Trinajstić information content (AvgIpc) is 3.04. The number of likely N-dealkylation sites (tertiary alicyclic amines) is 1. The molecule has 2 heterocycles. The van der Waals surface area contributed by atoms with E-state index in [0.717, 1.165) is 58.5 Å². The Balaban J connectivity index is 1.65. The maximum atomic E-state index is 12.4. The van der Waals surface area contributed by atoms with Crippen LogP contribution >= 0.6 is 0 Å². The van der Waals surface area contributed by atoms with Gasteiger partial charge in [-0.15, -0.1) is 0 Å². The molecule has 0 aromatic carbocycles. The maximum Gasteiger partial charge on any atom is 0.251 e. The molecule has 2 aliphatic heterocycles. The molecule has 0 aromatic heterocycles. The Hall–Kier alpha value is -0.650. The van der Waals surface area contributed by atoms with Gasteiger partial charge in [0, 0.05) is 19.7 Å². The monoisotopic (exact) mass is 298 g/mol. The summed E-state index contributed by atoms with van der Waals surface area (Å²) < 4.78 is 11.2. The first-order chi connectivity index (χ1) is 10.2. The zero-order valence-electron chi connectivity index (χ0n) is 13.5. The third-order valence-corrected chi connectivity index (χ3v) is 4.51. The van der Waals surface area contributed by atoms with Crippen LogP contribution in [0.25, 0.3) is 0 Å².